The van der Waals surface area contributed by atoms with Crippen molar-refractivity contribution >= 4 is 0 Å². The lowest BCUT2D eigenvalue weighted by atomic mass is 9.68. The van der Waals surface area contributed by atoms with Crippen LogP contribution in [0.4, 0.5) is 0 Å². The molecule has 1 N–H and O–H groups in total. The van der Waals surface area contributed by atoms with Gasteiger partial charge in [0.05, 0.1) is 6.10 Å². The van der Waals surface area contributed by atoms with E-state index >= 15 is 0 Å². The highest BCUT2D eigenvalue weighted by molar-refractivity contribution is 4.86. The van der Waals surface area contributed by atoms with E-state index in [1.54, 1.807) is 0 Å². The molecule has 3 atom stereocenters. The zero-order valence-corrected chi connectivity index (χ0v) is 9.58. The van der Waals surface area contributed by atoms with E-state index in [2.05, 4.69) is 13.8 Å². The van der Waals surface area contributed by atoms with Gasteiger partial charge in [-0.15, -0.1) is 0 Å². The molecule has 2 rings (SSSR count). The molecule has 14 heavy (non-hydrogen) atoms. The maximum atomic E-state index is 10.2. The van der Waals surface area contributed by atoms with Crippen molar-refractivity contribution < 1.29 is 5.11 Å². The number of rotatable bonds is 2. The Labute approximate surface area is 87.9 Å². The lowest BCUT2D eigenvalue weighted by molar-refractivity contribution is -0.0139. The van der Waals surface area contributed by atoms with Gasteiger partial charge in [0.2, 0.25) is 0 Å². The van der Waals surface area contributed by atoms with Crippen LogP contribution in [0, 0.1) is 23.7 Å². The van der Waals surface area contributed by atoms with E-state index in [1.807, 2.05) is 0 Å². The van der Waals surface area contributed by atoms with Crippen molar-refractivity contribution in [1.82, 2.24) is 0 Å². The number of hydrogen-bond donors (Lipinski definition) is 1. The summed E-state index contributed by atoms with van der Waals surface area (Å²) >= 11 is 0. The van der Waals surface area contributed by atoms with Crippen LogP contribution in [-0.2, 0) is 0 Å². The summed E-state index contributed by atoms with van der Waals surface area (Å²) in [5.41, 5.74) is 0. The first-order valence-electron chi connectivity index (χ1n) is 6.35. The monoisotopic (exact) mass is 196 g/mol. The van der Waals surface area contributed by atoms with Crippen LogP contribution in [0.15, 0.2) is 0 Å². The molecule has 2 aliphatic carbocycles. The van der Waals surface area contributed by atoms with Crippen LogP contribution in [0.25, 0.3) is 0 Å². The van der Waals surface area contributed by atoms with Gasteiger partial charge in [-0.05, 0) is 55.8 Å². The molecular weight excluding hydrogens is 172 g/mol. The van der Waals surface area contributed by atoms with Gasteiger partial charge in [0.1, 0.15) is 0 Å². The molecule has 1 heteroatoms. The molecule has 0 saturated heterocycles. The quantitative estimate of drug-likeness (QED) is 0.719. The molecule has 1 nitrogen and oxygen atoms in total. The molecule has 0 amide bonds. The molecule has 0 aromatic carbocycles. The van der Waals surface area contributed by atoms with Crippen LogP contribution in [0.3, 0.4) is 0 Å². The van der Waals surface area contributed by atoms with E-state index in [-0.39, 0.29) is 6.10 Å². The van der Waals surface area contributed by atoms with Crippen molar-refractivity contribution in [3.63, 3.8) is 0 Å². The van der Waals surface area contributed by atoms with Crippen molar-refractivity contribution in [1.29, 1.82) is 0 Å². The Kier molecular flexibility index (Phi) is 3.16. The summed E-state index contributed by atoms with van der Waals surface area (Å²) in [6.07, 6.45) is 7.83. The molecule has 3 unspecified atom stereocenters. The number of aliphatic hydroxyl groups excluding tert-OH is 1. The number of hydrogen-bond acceptors (Lipinski definition) is 1. The summed E-state index contributed by atoms with van der Waals surface area (Å²) in [7, 11) is 0. The minimum atomic E-state index is 0.0222. The Bertz CT molecular complexity index is 176. The maximum absolute atomic E-state index is 10.2. The van der Waals surface area contributed by atoms with Crippen molar-refractivity contribution in [3.05, 3.63) is 0 Å². The van der Waals surface area contributed by atoms with Crippen LogP contribution in [0.2, 0.25) is 0 Å². The normalized spacial score (nSPS) is 41.8. The van der Waals surface area contributed by atoms with Gasteiger partial charge in [-0.25, -0.2) is 0 Å². The second-order valence-electron chi connectivity index (χ2n) is 5.86. The smallest absolute Gasteiger partial charge is 0.0596 e. The third-order valence-electron chi connectivity index (χ3n) is 4.33. The molecule has 0 heterocycles. The molecule has 2 aliphatic rings. The fourth-order valence-corrected chi connectivity index (χ4v) is 3.45. The van der Waals surface area contributed by atoms with Gasteiger partial charge < -0.3 is 5.11 Å². The van der Waals surface area contributed by atoms with Gasteiger partial charge >= 0.3 is 0 Å². The van der Waals surface area contributed by atoms with Crippen molar-refractivity contribution in [3.8, 4) is 0 Å². The highest BCUT2D eigenvalue weighted by Crippen LogP contribution is 2.40. The van der Waals surface area contributed by atoms with Gasteiger partial charge in [0, 0.05) is 0 Å². The van der Waals surface area contributed by atoms with E-state index in [1.165, 1.54) is 38.5 Å². The maximum Gasteiger partial charge on any atom is 0.0596 e. The van der Waals surface area contributed by atoms with E-state index in [4.69, 9.17) is 0 Å². The van der Waals surface area contributed by atoms with Gasteiger partial charge in [-0.1, -0.05) is 20.3 Å². The summed E-state index contributed by atoms with van der Waals surface area (Å²) in [6.45, 7) is 4.69. The van der Waals surface area contributed by atoms with Crippen LogP contribution < -0.4 is 0 Å². The van der Waals surface area contributed by atoms with E-state index in [0.717, 1.165) is 11.8 Å². The van der Waals surface area contributed by atoms with Crippen LogP contribution in [0.5, 0.6) is 0 Å². The van der Waals surface area contributed by atoms with Crippen molar-refractivity contribution in [2.45, 2.75) is 58.5 Å². The minimum Gasteiger partial charge on any atom is -0.393 e. The summed E-state index contributed by atoms with van der Waals surface area (Å²) in [5.74, 6) is 2.92. The Morgan fingerprint density at radius 2 is 1.50 bits per heavy atom. The fraction of sp³-hybridized carbons (Fsp3) is 1.00. The molecule has 0 aromatic rings. The lowest BCUT2D eigenvalue weighted by Crippen LogP contribution is -2.37. The Morgan fingerprint density at radius 3 is 1.93 bits per heavy atom. The van der Waals surface area contributed by atoms with Crippen molar-refractivity contribution in [2.75, 3.05) is 0 Å². The van der Waals surface area contributed by atoms with E-state index in [9.17, 15) is 5.11 Å². The molecule has 82 valence electrons. The molecule has 0 aliphatic heterocycles. The molecule has 0 bridgehead atoms. The zero-order chi connectivity index (χ0) is 10.1. The lowest BCUT2D eigenvalue weighted by Gasteiger charge is -2.40. The first kappa shape index (κ1) is 10.5. The van der Waals surface area contributed by atoms with Gasteiger partial charge in [0.15, 0.2) is 0 Å². The molecule has 0 radical (unpaired) electrons. The Morgan fingerprint density at radius 1 is 0.929 bits per heavy atom. The first-order chi connectivity index (χ1) is 6.66. The Balaban J connectivity index is 1.88. The average Bonchev–Trinajstić information content (AvgIpc) is 1.98. The second kappa shape index (κ2) is 4.22. The van der Waals surface area contributed by atoms with Crippen LogP contribution >= 0.6 is 0 Å². The predicted molar refractivity (Wildman–Crippen MR) is 59.0 cm³/mol. The van der Waals surface area contributed by atoms with Crippen LogP contribution in [0.1, 0.15) is 52.4 Å². The topological polar surface area (TPSA) is 20.2 Å². The van der Waals surface area contributed by atoms with Gasteiger partial charge in [-0.3, -0.25) is 0 Å². The van der Waals surface area contributed by atoms with E-state index in [0.29, 0.717) is 11.8 Å². The third kappa shape index (κ3) is 2.13. The number of aliphatic hydroxyl groups is 1. The first-order valence-corrected chi connectivity index (χ1v) is 6.35. The van der Waals surface area contributed by atoms with Crippen LogP contribution in [-0.4, -0.2) is 11.2 Å². The van der Waals surface area contributed by atoms with Crippen molar-refractivity contribution in [2.24, 2.45) is 23.7 Å². The third-order valence-corrected chi connectivity index (χ3v) is 4.33. The van der Waals surface area contributed by atoms with E-state index < -0.39 is 0 Å². The van der Waals surface area contributed by atoms with Gasteiger partial charge in [-0.2, -0.15) is 0 Å². The SMILES string of the molecule is CC1CC(C)CC(C(O)C2CCC2)C1. The standard InChI is InChI=1S/C13H24O/c1-9-6-10(2)8-12(7-9)13(14)11-4-3-5-11/h9-14H,3-8H2,1-2H3. The molecular formula is C13H24O. The Hall–Kier alpha value is -0.0400. The predicted octanol–water partition coefficient (Wildman–Crippen LogP) is 3.22. The zero-order valence-electron chi connectivity index (χ0n) is 9.58. The second-order valence-corrected chi connectivity index (χ2v) is 5.86. The largest absolute Gasteiger partial charge is 0.393 e. The highest BCUT2D eigenvalue weighted by atomic mass is 16.3. The minimum absolute atomic E-state index is 0.0222. The molecule has 2 fully saturated rings. The summed E-state index contributed by atoms with van der Waals surface area (Å²) in [5, 5.41) is 10.2. The highest BCUT2D eigenvalue weighted by Gasteiger charge is 2.35. The summed E-state index contributed by atoms with van der Waals surface area (Å²) in [4.78, 5) is 0. The van der Waals surface area contributed by atoms with Gasteiger partial charge in [0.25, 0.3) is 0 Å². The molecule has 2 saturated carbocycles. The summed E-state index contributed by atoms with van der Waals surface area (Å²) in [6, 6.07) is 0. The molecule has 0 spiro atoms. The molecule has 0 aromatic heterocycles. The summed E-state index contributed by atoms with van der Waals surface area (Å²) < 4.78 is 0. The fourth-order valence-electron chi connectivity index (χ4n) is 3.45. The average molecular weight is 196 g/mol.